The topological polar surface area (TPSA) is 73.0 Å². The molecule has 0 radical (unpaired) electrons. The highest BCUT2D eigenvalue weighted by atomic mass is 16.6. The van der Waals surface area contributed by atoms with Gasteiger partial charge in [-0.1, -0.05) is 0 Å². The largest absolute Gasteiger partial charge is 0.312 e. The summed E-state index contributed by atoms with van der Waals surface area (Å²) in [4.78, 5) is 10.5. The van der Waals surface area contributed by atoms with E-state index in [0.717, 1.165) is 6.54 Å². The third kappa shape index (κ3) is 3.52. The maximum atomic E-state index is 10.8. The van der Waals surface area contributed by atoms with Gasteiger partial charge in [-0.2, -0.15) is 5.10 Å². The van der Waals surface area contributed by atoms with Gasteiger partial charge in [0.2, 0.25) is 0 Å². The van der Waals surface area contributed by atoms with E-state index in [1.807, 2.05) is 0 Å². The van der Waals surface area contributed by atoms with Crippen molar-refractivity contribution in [3.63, 3.8) is 0 Å². The normalized spacial score (nSPS) is 11.8. The molecule has 0 fully saturated rings. The summed E-state index contributed by atoms with van der Waals surface area (Å²) in [5, 5.41) is 18.3. The first-order valence-electron chi connectivity index (χ1n) is 5.66. The number of nitrogens with one attached hydrogen (secondary N) is 1. The molecule has 0 unspecified atom stereocenters. The van der Waals surface area contributed by atoms with Gasteiger partial charge in [-0.05, 0) is 34.6 Å². The molecule has 0 aliphatic heterocycles. The Morgan fingerprint density at radius 1 is 1.41 bits per heavy atom. The van der Waals surface area contributed by atoms with E-state index in [2.05, 4.69) is 31.2 Å². The zero-order valence-electron chi connectivity index (χ0n) is 11.1. The first-order valence-corrected chi connectivity index (χ1v) is 5.66. The van der Waals surface area contributed by atoms with Gasteiger partial charge in [-0.25, -0.2) is 0 Å². The summed E-state index contributed by atoms with van der Waals surface area (Å²) < 4.78 is 1.69. The third-order valence-electron chi connectivity index (χ3n) is 2.50. The Morgan fingerprint density at radius 2 is 2.00 bits per heavy atom. The Hall–Kier alpha value is -1.43. The maximum Gasteiger partial charge on any atom is 0.312 e. The number of aromatic nitrogens is 2. The first kappa shape index (κ1) is 13.6. The Kier molecular flexibility index (Phi) is 3.87. The molecule has 0 aromatic carbocycles. The molecule has 0 atom stereocenters. The summed E-state index contributed by atoms with van der Waals surface area (Å²) in [6.07, 6.45) is 0. The fourth-order valence-electron chi connectivity index (χ4n) is 1.71. The van der Waals surface area contributed by atoms with Crippen molar-refractivity contribution in [2.45, 2.75) is 46.7 Å². The standard InChI is InChI=1S/C11H20N4O2/c1-8-10(15(16)17)9(2)14(13-8)7-6-12-11(3,4)5/h12H,6-7H2,1-5H3. The van der Waals surface area contributed by atoms with Crippen LogP contribution in [0.25, 0.3) is 0 Å². The van der Waals surface area contributed by atoms with Crippen LogP contribution in [-0.2, 0) is 6.54 Å². The molecule has 1 aromatic heterocycles. The van der Waals surface area contributed by atoms with Crippen LogP contribution in [0.2, 0.25) is 0 Å². The van der Waals surface area contributed by atoms with Gasteiger partial charge < -0.3 is 5.32 Å². The Balaban J connectivity index is 2.74. The van der Waals surface area contributed by atoms with Gasteiger partial charge >= 0.3 is 5.69 Å². The van der Waals surface area contributed by atoms with Crippen LogP contribution in [0.4, 0.5) is 5.69 Å². The highest BCUT2D eigenvalue weighted by Crippen LogP contribution is 2.21. The van der Waals surface area contributed by atoms with E-state index in [4.69, 9.17) is 0 Å². The summed E-state index contributed by atoms with van der Waals surface area (Å²) in [7, 11) is 0. The lowest BCUT2D eigenvalue weighted by Crippen LogP contribution is -2.38. The van der Waals surface area contributed by atoms with E-state index in [-0.39, 0.29) is 16.1 Å². The van der Waals surface area contributed by atoms with Gasteiger partial charge in [-0.15, -0.1) is 0 Å². The molecule has 1 heterocycles. The van der Waals surface area contributed by atoms with Crippen molar-refractivity contribution in [3.8, 4) is 0 Å². The van der Waals surface area contributed by atoms with Crippen molar-refractivity contribution in [1.82, 2.24) is 15.1 Å². The zero-order chi connectivity index (χ0) is 13.2. The molecule has 0 saturated carbocycles. The van der Waals surface area contributed by atoms with Crippen LogP contribution >= 0.6 is 0 Å². The summed E-state index contributed by atoms with van der Waals surface area (Å²) >= 11 is 0. The molecule has 0 aliphatic rings. The molecule has 0 amide bonds. The minimum atomic E-state index is -0.370. The minimum Gasteiger partial charge on any atom is -0.310 e. The Morgan fingerprint density at radius 3 is 2.41 bits per heavy atom. The Labute approximate surface area is 101 Å². The van der Waals surface area contributed by atoms with Crippen LogP contribution in [-0.4, -0.2) is 26.8 Å². The van der Waals surface area contributed by atoms with Crippen LogP contribution < -0.4 is 5.32 Å². The van der Waals surface area contributed by atoms with Gasteiger partial charge in [0.05, 0.1) is 11.5 Å². The summed E-state index contributed by atoms with van der Waals surface area (Å²) in [5.74, 6) is 0. The third-order valence-corrected chi connectivity index (χ3v) is 2.50. The lowest BCUT2D eigenvalue weighted by atomic mass is 10.1. The van der Waals surface area contributed by atoms with Gasteiger partial charge in [-0.3, -0.25) is 14.8 Å². The lowest BCUT2D eigenvalue weighted by Gasteiger charge is -2.20. The smallest absolute Gasteiger partial charge is 0.310 e. The van der Waals surface area contributed by atoms with E-state index >= 15 is 0 Å². The van der Waals surface area contributed by atoms with E-state index in [9.17, 15) is 10.1 Å². The molecule has 6 heteroatoms. The molecule has 1 aromatic rings. The monoisotopic (exact) mass is 240 g/mol. The number of hydrogen-bond donors (Lipinski definition) is 1. The quantitative estimate of drug-likeness (QED) is 0.643. The maximum absolute atomic E-state index is 10.8. The van der Waals surface area contributed by atoms with Crippen molar-refractivity contribution in [2.24, 2.45) is 0 Å². The number of nitro groups is 1. The van der Waals surface area contributed by atoms with E-state index in [1.54, 1.807) is 18.5 Å². The molecule has 6 nitrogen and oxygen atoms in total. The first-order chi connectivity index (χ1) is 7.72. The molecule has 1 rings (SSSR count). The second-order valence-corrected chi connectivity index (χ2v) is 5.18. The van der Waals surface area contributed by atoms with Crippen molar-refractivity contribution in [3.05, 3.63) is 21.5 Å². The average molecular weight is 240 g/mol. The molecule has 96 valence electrons. The summed E-state index contributed by atoms with van der Waals surface area (Å²) in [6, 6.07) is 0. The zero-order valence-corrected chi connectivity index (χ0v) is 11.1. The van der Waals surface area contributed by atoms with E-state index < -0.39 is 0 Å². The van der Waals surface area contributed by atoms with Gasteiger partial charge in [0.1, 0.15) is 11.4 Å². The van der Waals surface area contributed by atoms with Gasteiger partial charge in [0, 0.05) is 12.1 Å². The van der Waals surface area contributed by atoms with E-state index in [0.29, 0.717) is 17.9 Å². The predicted molar refractivity (Wildman–Crippen MR) is 66.1 cm³/mol. The highest BCUT2D eigenvalue weighted by Gasteiger charge is 2.21. The van der Waals surface area contributed by atoms with Gasteiger partial charge in [0.25, 0.3) is 0 Å². The number of rotatable bonds is 4. The number of aryl methyl sites for hydroxylation is 1. The molecule has 0 saturated heterocycles. The molecule has 0 bridgehead atoms. The van der Waals surface area contributed by atoms with Crippen LogP contribution in [0.3, 0.4) is 0 Å². The number of hydrogen-bond acceptors (Lipinski definition) is 4. The summed E-state index contributed by atoms with van der Waals surface area (Å²) in [6.45, 7) is 11.0. The Bertz CT molecular complexity index is 418. The molecule has 17 heavy (non-hydrogen) atoms. The van der Waals surface area contributed by atoms with E-state index in [1.165, 1.54) is 0 Å². The van der Waals surface area contributed by atoms with Crippen molar-refractivity contribution in [1.29, 1.82) is 0 Å². The SMILES string of the molecule is Cc1nn(CCNC(C)(C)C)c(C)c1[N+](=O)[O-]. The molecule has 1 N–H and O–H groups in total. The van der Waals surface area contributed by atoms with Crippen LogP contribution in [0.15, 0.2) is 0 Å². The van der Waals surface area contributed by atoms with Crippen molar-refractivity contribution < 1.29 is 4.92 Å². The number of nitrogens with zero attached hydrogens (tertiary/aromatic N) is 3. The molecule has 0 spiro atoms. The van der Waals surface area contributed by atoms with Crippen molar-refractivity contribution in [2.75, 3.05) is 6.54 Å². The van der Waals surface area contributed by atoms with Gasteiger partial charge in [0.15, 0.2) is 0 Å². The molecular weight excluding hydrogens is 220 g/mol. The molecule has 0 aliphatic carbocycles. The summed E-state index contributed by atoms with van der Waals surface area (Å²) in [5.41, 5.74) is 1.26. The van der Waals surface area contributed by atoms with Crippen molar-refractivity contribution >= 4 is 5.69 Å². The lowest BCUT2D eigenvalue weighted by molar-refractivity contribution is -0.386. The average Bonchev–Trinajstić information content (AvgIpc) is 2.39. The van der Waals surface area contributed by atoms with Crippen LogP contribution in [0.1, 0.15) is 32.2 Å². The molecular formula is C11H20N4O2. The fourth-order valence-corrected chi connectivity index (χ4v) is 1.71. The van der Waals surface area contributed by atoms with Crippen LogP contribution in [0, 0.1) is 24.0 Å². The van der Waals surface area contributed by atoms with Crippen LogP contribution in [0.5, 0.6) is 0 Å². The highest BCUT2D eigenvalue weighted by molar-refractivity contribution is 5.39. The second-order valence-electron chi connectivity index (χ2n) is 5.18. The minimum absolute atomic E-state index is 0.0437. The predicted octanol–water partition coefficient (Wildman–Crippen LogP) is 1.80. The fraction of sp³-hybridized carbons (Fsp3) is 0.727. The second kappa shape index (κ2) is 4.83.